The molecule has 0 aliphatic carbocycles. The van der Waals surface area contributed by atoms with E-state index in [4.69, 9.17) is 5.14 Å². The predicted molar refractivity (Wildman–Crippen MR) is 71.7 cm³/mol. The topological polar surface area (TPSA) is 72.2 Å². The van der Waals surface area contributed by atoms with E-state index in [9.17, 15) is 12.8 Å². The third kappa shape index (κ3) is 3.37. The van der Waals surface area contributed by atoms with Gasteiger partial charge in [0, 0.05) is 11.8 Å². The van der Waals surface area contributed by atoms with Crippen molar-refractivity contribution in [3.05, 3.63) is 24.0 Å². The number of rotatable bonds is 3. The Bertz CT molecular complexity index is 528. The van der Waals surface area contributed by atoms with E-state index in [1.807, 2.05) is 11.8 Å². The van der Waals surface area contributed by atoms with Crippen LogP contribution in [0.3, 0.4) is 0 Å². The second-order valence-corrected chi connectivity index (χ2v) is 6.96. The van der Waals surface area contributed by atoms with Gasteiger partial charge in [0.25, 0.3) is 0 Å². The van der Waals surface area contributed by atoms with Crippen molar-refractivity contribution in [2.45, 2.75) is 23.8 Å². The first-order valence-corrected chi connectivity index (χ1v) is 8.33. The normalized spacial score (nSPS) is 20.7. The monoisotopic (exact) mass is 290 g/mol. The molecule has 0 amide bonds. The van der Waals surface area contributed by atoms with Crippen LogP contribution in [0.15, 0.2) is 23.1 Å². The molecule has 4 nitrogen and oxygen atoms in total. The van der Waals surface area contributed by atoms with Crippen LogP contribution < -0.4 is 10.5 Å². The van der Waals surface area contributed by atoms with Crippen LogP contribution in [0.2, 0.25) is 0 Å². The van der Waals surface area contributed by atoms with Gasteiger partial charge in [0.2, 0.25) is 10.0 Å². The fraction of sp³-hybridized carbons (Fsp3) is 0.455. The van der Waals surface area contributed by atoms with Crippen molar-refractivity contribution in [3.63, 3.8) is 0 Å². The molecule has 1 aliphatic rings. The maximum absolute atomic E-state index is 13.7. The first-order valence-electron chi connectivity index (χ1n) is 5.63. The summed E-state index contributed by atoms with van der Waals surface area (Å²) < 4.78 is 35.9. The lowest BCUT2D eigenvalue weighted by Gasteiger charge is -2.23. The molecule has 0 bridgehead atoms. The van der Waals surface area contributed by atoms with Crippen LogP contribution in [-0.2, 0) is 10.0 Å². The Morgan fingerprint density at radius 1 is 1.44 bits per heavy atom. The van der Waals surface area contributed by atoms with Crippen molar-refractivity contribution in [2.75, 3.05) is 16.8 Å². The van der Waals surface area contributed by atoms with Gasteiger partial charge in [-0.15, -0.1) is 0 Å². The number of primary sulfonamides is 1. The number of sulfonamides is 1. The Balaban J connectivity index is 2.14. The van der Waals surface area contributed by atoms with Crippen LogP contribution in [0.1, 0.15) is 12.8 Å². The van der Waals surface area contributed by atoms with E-state index in [2.05, 4.69) is 5.32 Å². The largest absolute Gasteiger partial charge is 0.379 e. The number of hydrogen-bond acceptors (Lipinski definition) is 4. The zero-order chi connectivity index (χ0) is 13.2. The van der Waals surface area contributed by atoms with Crippen molar-refractivity contribution in [2.24, 2.45) is 5.14 Å². The summed E-state index contributed by atoms with van der Waals surface area (Å²) >= 11 is 1.83. The molecule has 1 fully saturated rings. The minimum absolute atomic E-state index is 0.205. The molecule has 1 aliphatic heterocycles. The summed E-state index contributed by atoms with van der Waals surface area (Å²) in [6.45, 7) is 0. The zero-order valence-electron chi connectivity index (χ0n) is 9.73. The lowest BCUT2D eigenvalue weighted by molar-refractivity contribution is 0.591. The highest BCUT2D eigenvalue weighted by Crippen LogP contribution is 2.23. The lowest BCUT2D eigenvalue weighted by Crippen LogP contribution is -2.26. The smallest absolute Gasteiger partial charge is 0.238 e. The molecule has 1 unspecified atom stereocenters. The first-order chi connectivity index (χ1) is 8.47. The van der Waals surface area contributed by atoms with E-state index in [0.717, 1.165) is 30.4 Å². The number of benzene rings is 1. The van der Waals surface area contributed by atoms with Gasteiger partial charge >= 0.3 is 0 Å². The molecule has 1 atom stereocenters. The Hall–Kier alpha value is -0.790. The molecular weight excluding hydrogens is 275 g/mol. The second kappa shape index (κ2) is 5.46. The van der Waals surface area contributed by atoms with Crippen LogP contribution in [0.4, 0.5) is 10.1 Å². The Morgan fingerprint density at radius 3 is 2.78 bits per heavy atom. The fourth-order valence-electron chi connectivity index (χ4n) is 1.86. The molecule has 1 saturated heterocycles. The molecule has 3 N–H and O–H groups in total. The molecule has 2 rings (SSSR count). The molecule has 1 aromatic carbocycles. The van der Waals surface area contributed by atoms with Gasteiger partial charge in [-0.05, 0) is 36.8 Å². The molecule has 0 aromatic heterocycles. The minimum Gasteiger partial charge on any atom is -0.379 e. The standard InChI is InChI=1S/C11H15FN2O2S2/c12-10-6-9(18(13,15)16)3-4-11(10)14-8-2-1-5-17-7-8/h3-4,6,8,14H,1-2,5,7H2,(H2,13,15,16). The van der Waals surface area contributed by atoms with Gasteiger partial charge in [0.05, 0.1) is 10.6 Å². The summed E-state index contributed by atoms with van der Waals surface area (Å²) in [5.74, 6) is 1.50. The van der Waals surface area contributed by atoms with Gasteiger partial charge < -0.3 is 5.32 Å². The summed E-state index contributed by atoms with van der Waals surface area (Å²) in [7, 11) is -3.85. The highest BCUT2D eigenvalue weighted by Gasteiger charge is 2.16. The van der Waals surface area contributed by atoms with Crippen molar-refractivity contribution in [3.8, 4) is 0 Å². The van der Waals surface area contributed by atoms with Crippen molar-refractivity contribution in [1.82, 2.24) is 0 Å². The number of anilines is 1. The predicted octanol–water partition coefficient (Wildman–Crippen LogP) is 1.78. The van der Waals surface area contributed by atoms with E-state index in [0.29, 0.717) is 5.69 Å². The third-order valence-electron chi connectivity index (χ3n) is 2.79. The highest BCUT2D eigenvalue weighted by molar-refractivity contribution is 7.99. The summed E-state index contributed by atoms with van der Waals surface area (Å²) in [5.41, 5.74) is 0.329. The highest BCUT2D eigenvalue weighted by atomic mass is 32.2. The van der Waals surface area contributed by atoms with E-state index < -0.39 is 15.8 Å². The van der Waals surface area contributed by atoms with Crippen molar-refractivity contribution >= 4 is 27.5 Å². The summed E-state index contributed by atoms with van der Waals surface area (Å²) in [4.78, 5) is -0.205. The second-order valence-electron chi connectivity index (χ2n) is 4.25. The van der Waals surface area contributed by atoms with Crippen LogP contribution in [0.5, 0.6) is 0 Å². The number of halogens is 1. The molecule has 0 spiro atoms. The maximum Gasteiger partial charge on any atom is 0.238 e. The number of nitrogens with two attached hydrogens (primary N) is 1. The number of thioether (sulfide) groups is 1. The van der Waals surface area contributed by atoms with E-state index in [1.54, 1.807) is 0 Å². The maximum atomic E-state index is 13.7. The van der Waals surface area contributed by atoms with E-state index in [1.165, 1.54) is 12.1 Å². The van der Waals surface area contributed by atoms with E-state index >= 15 is 0 Å². The molecule has 1 aromatic rings. The Labute approximate surface area is 110 Å². The summed E-state index contributed by atoms with van der Waals surface area (Å²) in [5, 5.41) is 8.04. The van der Waals surface area contributed by atoms with Gasteiger partial charge in [-0.1, -0.05) is 0 Å². The van der Waals surface area contributed by atoms with Gasteiger partial charge in [-0.3, -0.25) is 0 Å². The average Bonchev–Trinajstić information content (AvgIpc) is 2.32. The van der Waals surface area contributed by atoms with Crippen LogP contribution in [0, 0.1) is 5.82 Å². The quantitative estimate of drug-likeness (QED) is 0.890. The van der Waals surface area contributed by atoms with Gasteiger partial charge in [0.1, 0.15) is 5.82 Å². The minimum atomic E-state index is -3.85. The SMILES string of the molecule is NS(=O)(=O)c1ccc(NC2CCCSC2)c(F)c1. The van der Waals surface area contributed by atoms with Crippen molar-refractivity contribution < 1.29 is 12.8 Å². The lowest BCUT2D eigenvalue weighted by atomic mass is 10.1. The van der Waals surface area contributed by atoms with E-state index in [-0.39, 0.29) is 10.9 Å². The molecule has 0 saturated carbocycles. The Kier molecular flexibility index (Phi) is 4.14. The summed E-state index contributed by atoms with van der Waals surface area (Å²) in [6, 6.07) is 3.93. The fourth-order valence-corrected chi connectivity index (χ4v) is 3.46. The van der Waals surface area contributed by atoms with Crippen LogP contribution in [0.25, 0.3) is 0 Å². The van der Waals surface area contributed by atoms with Crippen LogP contribution in [-0.4, -0.2) is 26.0 Å². The zero-order valence-corrected chi connectivity index (χ0v) is 11.4. The molecule has 7 heteroatoms. The number of nitrogens with one attached hydrogen (secondary N) is 1. The third-order valence-corrected chi connectivity index (χ3v) is 4.92. The number of hydrogen-bond donors (Lipinski definition) is 2. The molecule has 0 radical (unpaired) electrons. The molecule has 18 heavy (non-hydrogen) atoms. The van der Waals surface area contributed by atoms with Crippen LogP contribution >= 0.6 is 11.8 Å². The van der Waals surface area contributed by atoms with Gasteiger partial charge in [-0.25, -0.2) is 17.9 Å². The first kappa shape index (κ1) is 13.6. The average molecular weight is 290 g/mol. The summed E-state index contributed by atoms with van der Waals surface area (Å²) in [6.07, 6.45) is 2.11. The van der Waals surface area contributed by atoms with Crippen molar-refractivity contribution in [1.29, 1.82) is 0 Å². The molecular formula is C11H15FN2O2S2. The van der Waals surface area contributed by atoms with Gasteiger partial charge in [-0.2, -0.15) is 11.8 Å². The molecule has 1 heterocycles. The molecule has 100 valence electrons. The Morgan fingerprint density at radius 2 is 2.22 bits per heavy atom. The van der Waals surface area contributed by atoms with Gasteiger partial charge in [0.15, 0.2) is 0 Å².